The minimum absolute atomic E-state index is 0.0804. The van der Waals surface area contributed by atoms with E-state index < -0.39 is 0 Å². The Morgan fingerprint density at radius 1 is 1.36 bits per heavy atom. The molecular weight excluding hydrogens is 140 g/mol. The summed E-state index contributed by atoms with van der Waals surface area (Å²) in [5.74, 6) is 0.268. The third kappa shape index (κ3) is 1.95. The van der Waals surface area contributed by atoms with E-state index >= 15 is 0 Å². The summed E-state index contributed by atoms with van der Waals surface area (Å²) in [6.07, 6.45) is 0.521. The normalized spacial score (nSPS) is 10.0. The second-order valence-corrected chi connectivity index (χ2v) is 2.61. The molecule has 1 aromatic rings. The predicted molar refractivity (Wildman–Crippen MR) is 43.6 cm³/mol. The van der Waals surface area contributed by atoms with Crippen molar-refractivity contribution in [3.05, 3.63) is 29.3 Å². The van der Waals surface area contributed by atoms with Gasteiger partial charge >= 0.3 is 0 Å². The molecule has 2 heteroatoms. The molecule has 0 atom stereocenters. The van der Waals surface area contributed by atoms with Crippen molar-refractivity contribution in [2.24, 2.45) is 0 Å². The number of phenols is 1. The number of aromatic hydroxyl groups is 1. The van der Waals surface area contributed by atoms with Gasteiger partial charge < -0.3 is 10.2 Å². The van der Waals surface area contributed by atoms with E-state index in [1.807, 2.05) is 19.1 Å². The van der Waals surface area contributed by atoms with E-state index in [4.69, 9.17) is 5.11 Å². The molecule has 0 amide bonds. The Morgan fingerprint density at radius 2 is 2.09 bits per heavy atom. The van der Waals surface area contributed by atoms with Gasteiger partial charge in [0.1, 0.15) is 5.75 Å². The zero-order chi connectivity index (χ0) is 8.27. The number of hydrogen-bond donors (Lipinski definition) is 2. The van der Waals surface area contributed by atoms with Crippen LogP contribution >= 0.6 is 0 Å². The molecule has 2 nitrogen and oxygen atoms in total. The second kappa shape index (κ2) is 3.39. The number of aryl methyl sites for hydroxylation is 1. The highest BCUT2D eigenvalue weighted by atomic mass is 16.3. The molecule has 60 valence electrons. The van der Waals surface area contributed by atoms with Gasteiger partial charge in [-0.2, -0.15) is 0 Å². The Kier molecular flexibility index (Phi) is 2.49. The Hall–Kier alpha value is -1.02. The van der Waals surface area contributed by atoms with Gasteiger partial charge in [-0.1, -0.05) is 17.7 Å². The van der Waals surface area contributed by atoms with Gasteiger partial charge in [-0.3, -0.25) is 0 Å². The van der Waals surface area contributed by atoms with Gasteiger partial charge in [0.05, 0.1) is 0 Å². The summed E-state index contributed by atoms with van der Waals surface area (Å²) in [6.45, 7) is 2.04. The minimum atomic E-state index is 0.0804. The van der Waals surface area contributed by atoms with Crippen LogP contribution in [-0.2, 0) is 6.42 Å². The summed E-state index contributed by atoms with van der Waals surface area (Å²) < 4.78 is 0. The van der Waals surface area contributed by atoms with Crippen LogP contribution in [0.25, 0.3) is 0 Å². The molecule has 1 rings (SSSR count). The summed E-state index contributed by atoms with van der Waals surface area (Å²) in [4.78, 5) is 0. The van der Waals surface area contributed by atoms with Gasteiger partial charge in [-0.25, -0.2) is 0 Å². The first-order valence-corrected chi connectivity index (χ1v) is 3.63. The zero-order valence-corrected chi connectivity index (χ0v) is 6.54. The number of aliphatic hydroxyl groups is 1. The van der Waals surface area contributed by atoms with E-state index in [1.54, 1.807) is 6.07 Å². The molecule has 0 bridgehead atoms. The summed E-state index contributed by atoms with van der Waals surface area (Å²) in [5, 5.41) is 17.9. The van der Waals surface area contributed by atoms with Crippen LogP contribution in [0.15, 0.2) is 18.2 Å². The Labute approximate surface area is 66.1 Å². The topological polar surface area (TPSA) is 40.5 Å². The van der Waals surface area contributed by atoms with Crippen molar-refractivity contribution in [2.75, 3.05) is 6.61 Å². The van der Waals surface area contributed by atoms with Crippen LogP contribution in [-0.4, -0.2) is 16.8 Å². The van der Waals surface area contributed by atoms with Crippen molar-refractivity contribution in [1.29, 1.82) is 0 Å². The lowest BCUT2D eigenvalue weighted by Gasteiger charge is -2.02. The molecule has 0 saturated carbocycles. The fraction of sp³-hybridized carbons (Fsp3) is 0.333. The average molecular weight is 152 g/mol. The molecule has 0 aliphatic rings. The maximum atomic E-state index is 9.25. The van der Waals surface area contributed by atoms with Crippen LogP contribution in [0, 0.1) is 6.92 Å². The van der Waals surface area contributed by atoms with Gasteiger partial charge in [0.25, 0.3) is 0 Å². The van der Waals surface area contributed by atoms with Gasteiger partial charge in [-0.05, 0) is 25.0 Å². The van der Waals surface area contributed by atoms with Crippen molar-refractivity contribution in [1.82, 2.24) is 0 Å². The predicted octanol–water partition coefficient (Wildman–Crippen LogP) is 1.24. The Balaban J connectivity index is 2.93. The van der Waals surface area contributed by atoms with Crippen LogP contribution in [0.4, 0.5) is 0 Å². The standard InChI is InChI=1S/C9H12O2/c1-7-2-3-9(11)8(6-7)4-5-10/h2-3,6,10-11H,4-5H2,1H3. The molecule has 0 fully saturated rings. The van der Waals surface area contributed by atoms with E-state index in [9.17, 15) is 5.11 Å². The first-order valence-electron chi connectivity index (χ1n) is 3.63. The summed E-state index contributed by atoms with van der Waals surface area (Å²) >= 11 is 0. The van der Waals surface area contributed by atoms with Crippen LogP contribution in [0.1, 0.15) is 11.1 Å². The minimum Gasteiger partial charge on any atom is -0.508 e. The van der Waals surface area contributed by atoms with Gasteiger partial charge in [0.2, 0.25) is 0 Å². The Morgan fingerprint density at radius 3 is 2.73 bits per heavy atom. The number of aliphatic hydroxyl groups excluding tert-OH is 1. The fourth-order valence-corrected chi connectivity index (χ4v) is 1.03. The van der Waals surface area contributed by atoms with Crippen molar-refractivity contribution >= 4 is 0 Å². The molecule has 0 spiro atoms. The average Bonchev–Trinajstić information content (AvgIpc) is 1.98. The summed E-state index contributed by atoms with van der Waals surface area (Å²) in [7, 11) is 0. The number of rotatable bonds is 2. The molecule has 0 radical (unpaired) electrons. The van der Waals surface area contributed by atoms with E-state index in [1.165, 1.54) is 0 Å². The van der Waals surface area contributed by atoms with Crippen molar-refractivity contribution in [2.45, 2.75) is 13.3 Å². The SMILES string of the molecule is Cc1ccc(O)c(CCO)c1. The van der Waals surface area contributed by atoms with Crippen molar-refractivity contribution < 1.29 is 10.2 Å². The molecule has 0 aromatic heterocycles. The molecule has 0 heterocycles. The molecule has 11 heavy (non-hydrogen) atoms. The van der Waals surface area contributed by atoms with Gasteiger partial charge in [-0.15, -0.1) is 0 Å². The summed E-state index contributed by atoms with van der Waals surface area (Å²) in [5.41, 5.74) is 1.92. The molecular formula is C9H12O2. The van der Waals surface area contributed by atoms with E-state index in [0.29, 0.717) is 6.42 Å². The highest BCUT2D eigenvalue weighted by Gasteiger charge is 1.98. The van der Waals surface area contributed by atoms with E-state index in [2.05, 4.69) is 0 Å². The van der Waals surface area contributed by atoms with Crippen LogP contribution in [0.2, 0.25) is 0 Å². The molecule has 0 saturated heterocycles. The third-order valence-corrected chi connectivity index (χ3v) is 1.62. The monoisotopic (exact) mass is 152 g/mol. The van der Waals surface area contributed by atoms with Crippen LogP contribution in [0.5, 0.6) is 5.75 Å². The highest BCUT2D eigenvalue weighted by molar-refractivity contribution is 5.35. The lowest BCUT2D eigenvalue weighted by Crippen LogP contribution is -1.91. The molecule has 0 aliphatic heterocycles. The summed E-state index contributed by atoms with van der Waals surface area (Å²) in [6, 6.07) is 5.38. The fourth-order valence-electron chi connectivity index (χ4n) is 1.03. The highest BCUT2D eigenvalue weighted by Crippen LogP contribution is 2.17. The lowest BCUT2D eigenvalue weighted by atomic mass is 10.1. The third-order valence-electron chi connectivity index (χ3n) is 1.62. The first-order chi connectivity index (χ1) is 5.24. The smallest absolute Gasteiger partial charge is 0.118 e. The maximum Gasteiger partial charge on any atom is 0.118 e. The van der Waals surface area contributed by atoms with Crippen LogP contribution < -0.4 is 0 Å². The van der Waals surface area contributed by atoms with Crippen molar-refractivity contribution in [3.8, 4) is 5.75 Å². The zero-order valence-electron chi connectivity index (χ0n) is 6.54. The number of hydrogen-bond acceptors (Lipinski definition) is 2. The number of phenolic OH excluding ortho intramolecular Hbond substituents is 1. The quantitative estimate of drug-likeness (QED) is 0.669. The van der Waals surface area contributed by atoms with E-state index in [-0.39, 0.29) is 12.4 Å². The largest absolute Gasteiger partial charge is 0.508 e. The Bertz CT molecular complexity index is 243. The maximum absolute atomic E-state index is 9.25. The van der Waals surface area contributed by atoms with Crippen LogP contribution in [0.3, 0.4) is 0 Å². The molecule has 0 unspecified atom stereocenters. The molecule has 1 aromatic carbocycles. The molecule has 2 N–H and O–H groups in total. The van der Waals surface area contributed by atoms with Gasteiger partial charge in [0, 0.05) is 6.61 Å². The number of benzene rings is 1. The second-order valence-electron chi connectivity index (χ2n) is 2.61. The van der Waals surface area contributed by atoms with E-state index in [0.717, 1.165) is 11.1 Å². The first kappa shape index (κ1) is 8.08. The van der Waals surface area contributed by atoms with Gasteiger partial charge in [0.15, 0.2) is 0 Å². The lowest BCUT2D eigenvalue weighted by molar-refractivity contribution is 0.297. The molecule has 0 aliphatic carbocycles. The van der Waals surface area contributed by atoms with Crippen molar-refractivity contribution in [3.63, 3.8) is 0 Å².